The Bertz CT molecular complexity index is 998. The molecule has 0 aliphatic carbocycles. The molecule has 0 fully saturated rings. The van der Waals surface area contributed by atoms with Crippen molar-refractivity contribution in [3.63, 3.8) is 0 Å². The van der Waals surface area contributed by atoms with Crippen molar-refractivity contribution in [1.29, 1.82) is 0 Å². The van der Waals surface area contributed by atoms with Gasteiger partial charge in [-0.2, -0.15) is 5.10 Å². The molecule has 2 aromatic heterocycles. The van der Waals surface area contributed by atoms with Gasteiger partial charge in [-0.1, -0.05) is 6.07 Å². The van der Waals surface area contributed by atoms with Gasteiger partial charge in [-0.25, -0.2) is 9.07 Å². The van der Waals surface area contributed by atoms with Gasteiger partial charge in [0.15, 0.2) is 0 Å². The number of nitrogens with zero attached hydrogens (tertiary/aromatic N) is 4. The van der Waals surface area contributed by atoms with Crippen molar-refractivity contribution in [2.24, 2.45) is 0 Å². The first-order valence-electron chi connectivity index (χ1n) is 8.50. The number of hydrogen-bond acceptors (Lipinski definition) is 4. The molecule has 0 spiro atoms. The van der Waals surface area contributed by atoms with Gasteiger partial charge < -0.3 is 0 Å². The van der Waals surface area contributed by atoms with Crippen LogP contribution in [-0.4, -0.2) is 26.2 Å². The molecule has 0 amide bonds. The number of pyridine rings is 1. The lowest BCUT2D eigenvalue weighted by atomic mass is 10.0. The van der Waals surface area contributed by atoms with E-state index in [-0.39, 0.29) is 11.4 Å². The topological polar surface area (TPSA) is 51.0 Å². The van der Waals surface area contributed by atoms with E-state index in [0.29, 0.717) is 30.5 Å². The molecule has 0 unspecified atom stereocenters. The molecule has 4 rings (SSSR count). The summed E-state index contributed by atoms with van der Waals surface area (Å²) in [4.78, 5) is 18.6. The average Bonchev–Trinajstić information content (AvgIpc) is 2.63. The third kappa shape index (κ3) is 2.93. The second kappa shape index (κ2) is 6.37. The van der Waals surface area contributed by atoms with Crippen molar-refractivity contribution >= 4 is 10.9 Å². The quantitative estimate of drug-likeness (QED) is 0.736. The van der Waals surface area contributed by atoms with Crippen LogP contribution in [0.2, 0.25) is 0 Å². The van der Waals surface area contributed by atoms with Crippen LogP contribution in [0.1, 0.15) is 23.7 Å². The van der Waals surface area contributed by atoms with E-state index in [2.05, 4.69) is 15.0 Å². The fraction of sp³-hybridized carbons (Fsp3) is 0.316. The van der Waals surface area contributed by atoms with E-state index in [1.165, 1.54) is 10.7 Å². The van der Waals surface area contributed by atoms with Gasteiger partial charge in [-0.15, -0.1) is 0 Å². The Morgan fingerprint density at radius 3 is 3.00 bits per heavy atom. The van der Waals surface area contributed by atoms with Crippen molar-refractivity contribution in [3.8, 4) is 0 Å². The van der Waals surface area contributed by atoms with E-state index in [4.69, 9.17) is 0 Å². The minimum absolute atomic E-state index is 0.0583. The first kappa shape index (κ1) is 15.9. The van der Waals surface area contributed by atoms with E-state index >= 15 is 0 Å². The van der Waals surface area contributed by atoms with Crippen LogP contribution in [0, 0.1) is 5.82 Å². The van der Waals surface area contributed by atoms with Crippen molar-refractivity contribution in [3.05, 3.63) is 69.5 Å². The first-order chi connectivity index (χ1) is 12.2. The van der Waals surface area contributed by atoms with Crippen LogP contribution in [0.25, 0.3) is 10.9 Å². The molecule has 3 aromatic rings. The molecule has 0 atom stereocenters. The van der Waals surface area contributed by atoms with E-state index in [1.807, 2.05) is 6.92 Å². The third-order valence-corrected chi connectivity index (χ3v) is 4.72. The lowest BCUT2D eigenvalue weighted by molar-refractivity contribution is 0.241. The Labute approximate surface area is 144 Å². The highest BCUT2D eigenvalue weighted by Crippen LogP contribution is 2.23. The Hall–Kier alpha value is -2.60. The van der Waals surface area contributed by atoms with Crippen LogP contribution >= 0.6 is 0 Å². The van der Waals surface area contributed by atoms with Crippen LogP contribution in [0.5, 0.6) is 0 Å². The first-order valence-corrected chi connectivity index (χ1v) is 8.50. The van der Waals surface area contributed by atoms with Gasteiger partial charge in [0.05, 0.1) is 11.2 Å². The lowest BCUT2D eigenvalue weighted by Gasteiger charge is -2.28. The minimum Gasteiger partial charge on any atom is -0.294 e. The van der Waals surface area contributed by atoms with Crippen LogP contribution in [0.4, 0.5) is 4.39 Å². The molecular formula is C19H19FN4O. The summed E-state index contributed by atoms with van der Waals surface area (Å²) in [6.45, 7) is 4.71. The zero-order valence-corrected chi connectivity index (χ0v) is 14.1. The van der Waals surface area contributed by atoms with Crippen LogP contribution in [0.15, 0.2) is 41.3 Å². The second-order valence-electron chi connectivity index (χ2n) is 6.34. The van der Waals surface area contributed by atoms with Crippen molar-refractivity contribution in [2.75, 3.05) is 6.54 Å². The van der Waals surface area contributed by atoms with Crippen molar-refractivity contribution in [1.82, 2.24) is 19.7 Å². The molecular weight excluding hydrogens is 319 g/mol. The molecule has 5 nitrogen and oxygen atoms in total. The maximum atomic E-state index is 14.0. The van der Waals surface area contributed by atoms with Crippen LogP contribution < -0.4 is 5.56 Å². The van der Waals surface area contributed by atoms with Gasteiger partial charge in [0, 0.05) is 50.2 Å². The molecule has 0 N–H and O–H groups in total. The summed E-state index contributed by atoms with van der Waals surface area (Å²) in [5.41, 5.74) is 3.63. The molecule has 0 radical (unpaired) electrons. The number of fused-ring (bicyclic) bond motifs is 2. The molecule has 0 saturated carbocycles. The number of halogens is 1. The molecule has 0 saturated heterocycles. The zero-order valence-electron chi connectivity index (χ0n) is 14.1. The molecule has 128 valence electrons. The van der Waals surface area contributed by atoms with E-state index in [1.54, 1.807) is 30.5 Å². The maximum absolute atomic E-state index is 14.0. The minimum atomic E-state index is -0.250. The van der Waals surface area contributed by atoms with Crippen LogP contribution in [0.3, 0.4) is 0 Å². The Kier molecular flexibility index (Phi) is 4.05. The Morgan fingerprint density at radius 1 is 1.28 bits per heavy atom. The van der Waals surface area contributed by atoms with Gasteiger partial charge in [-0.05, 0) is 36.2 Å². The predicted octanol–water partition coefficient (Wildman–Crippen LogP) is 2.51. The summed E-state index contributed by atoms with van der Waals surface area (Å²) >= 11 is 0. The number of aromatic nitrogens is 3. The normalized spacial score (nSPS) is 14.6. The summed E-state index contributed by atoms with van der Waals surface area (Å²) in [6.07, 6.45) is 2.50. The number of aryl methyl sites for hydroxylation is 1. The highest BCUT2D eigenvalue weighted by molar-refractivity contribution is 5.82. The lowest BCUT2D eigenvalue weighted by Crippen LogP contribution is -2.34. The Balaban J connectivity index is 1.62. The third-order valence-electron chi connectivity index (χ3n) is 4.72. The molecule has 1 aliphatic rings. The summed E-state index contributed by atoms with van der Waals surface area (Å²) in [5.74, 6) is -0.250. The molecule has 1 aromatic carbocycles. The fourth-order valence-corrected chi connectivity index (χ4v) is 3.42. The molecule has 25 heavy (non-hydrogen) atoms. The standard InChI is InChI=1S/C19H19FN4O/c1-2-24-18(25)10-14-12-23(9-7-17(14)22-24)11-13-5-6-16(20)15-4-3-8-21-19(13)15/h3-6,8,10H,2,7,9,11-12H2,1H3. The van der Waals surface area contributed by atoms with Gasteiger partial charge in [0.2, 0.25) is 0 Å². The summed E-state index contributed by atoms with van der Waals surface area (Å²) in [7, 11) is 0. The highest BCUT2D eigenvalue weighted by Gasteiger charge is 2.20. The van der Waals surface area contributed by atoms with Crippen LogP contribution in [-0.2, 0) is 26.1 Å². The fourth-order valence-electron chi connectivity index (χ4n) is 3.42. The summed E-state index contributed by atoms with van der Waals surface area (Å²) < 4.78 is 15.5. The molecule has 6 heteroatoms. The SMILES string of the molecule is CCn1nc2c(cc1=O)CN(Cc1ccc(F)c3cccnc13)CC2. The van der Waals surface area contributed by atoms with E-state index < -0.39 is 0 Å². The highest BCUT2D eigenvalue weighted by atomic mass is 19.1. The smallest absolute Gasteiger partial charge is 0.267 e. The largest absolute Gasteiger partial charge is 0.294 e. The number of hydrogen-bond donors (Lipinski definition) is 0. The maximum Gasteiger partial charge on any atom is 0.267 e. The van der Waals surface area contributed by atoms with Gasteiger partial charge in [-0.3, -0.25) is 14.7 Å². The predicted molar refractivity (Wildman–Crippen MR) is 93.7 cm³/mol. The zero-order chi connectivity index (χ0) is 17.4. The summed E-state index contributed by atoms with van der Waals surface area (Å²) in [5, 5.41) is 5.00. The molecule has 1 aliphatic heterocycles. The van der Waals surface area contributed by atoms with Gasteiger partial charge >= 0.3 is 0 Å². The second-order valence-corrected chi connectivity index (χ2v) is 6.34. The Morgan fingerprint density at radius 2 is 2.16 bits per heavy atom. The summed E-state index contributed by atoms with van der Waals surface area (Å²) in [6, 6.07) is 8.49. The average molecular weight is 338 g/mol. The molecule has 0 bridgehead atoms. The van der Waals surface area contributed by atoms with Crippen molar-refractivity contribution in [2.45, 2.75) is 33.0 Å². The van der Waals surface area contributed by atoms with E-state index in [9.17, 15) is 9.18 Å². The number of rotatable bonds is 3. The number of benzene rings is 1. The van der Waals surface area contributed by atoms with Crippen molar-refractivity contribution < 1.29 is 4.39 Å². The van der Waals surface area contributed by atoms with E-state index in [0.717, 1.165) is 29.8 Å². The monoisotopic (exact) mass is 338 g/mol. The van der Waals surface area contributed by atoms with Gasteiger partial charge in [0.25, 0.3) is 5.56 Å². The molecule has 3 heterocycles. The van der Waals surface area contributed by atoms with Gasteiger partial charge in [0.1, 0.15) is 5.82 Å².